The van der Waals surface area contributed by atoms with E-state index in [0.29, 0.717) is 16.9 Å². The Morgan fingerprint density at radius 2 is 1.71 bits per heavy atom. The molecular weight excluding hydrogens is 470 g/mol. The molecule has 0 aliphatic rings. The normalized spacial score (nSPS) is 11.6. The van der Waals surface area contributed by atoms with Crippen molar-refractivity contribution in [2.24, 2.45) is 0 Å². The molecule has 0 bridgehead atoms. The monoisotopic (exact) mass is 495 g/mol. The molecule has 4 aromatic rings. The fourth-order valence-electron chi connectivity index (χ4n) is 3.73. The van der Waals surface area contributed by atoms with E-state index in [2.05, 4.69) is 5.32 Å². The zero-order valence-electron chi connectivity index (χ0n) is 19.1. The third-order valence-corrected chi connectivity index (χ3v) is 7.43. The molecule has 0 saturated heterocycles. The van der Waals surface area contributed by atoms with Gasteiger partial charge < -0.3 is 5.32 Å². The zero-order chi connectivity index (χ0) is 24.5. The molecule has 1 aromatic heterocycles. The molecule has 3 aromatic carbocycles. The number of nitrogens with zero attached hydrogens (tertiary/aromatic N) is 2. The number of aromatic nitrogens is 1. The average molecular weight is 496 g/mol. The third kappa shape index (κ3) is 5.05. The summed E-state index contributed by atoms with van der Waals surface area (Å²) in [7, 11) is -3.52. The maximum Gasteiger partial charge on any atom is 0.308 e. The predicted octanol–water partition coefficient (Wildman–Crippen LogP) is 4.86. The molecular formula is C25H25N3O4S2. The minimum absolute atomic E-state index is 0.0324. The van der Waals surface area contributed by atoms with Crippen LogP contribution < -0.4 is 14.5 Å². The lowest BCUT2D eigenvalue weighted by atomic mass is 10.1. The molecule has 0 spiro atoms. The summed E-state index contributed by atoms with van der Waals surface area (Å²) < 4.78 is 28.6. The highest BCUT2D eigenvalue weighted by Crippen LogP contribution is 2.25. The molecule has 0 aliphatic heterocycles. The topological polar surface area (TPSA) is 88.5 Å². The van der Waals surface area contributed by atoms with E-state index in [1.807, 2.05) is 50.2 Å². The number of hydrogen-bond acceptors (Lipinski definition) is 5. The number of sulfonamides is 1. The van der Waals surface area contributed by atoms with E-state index < -0.39 is 10.0 Å². The Kier molecular flexibility index (Phi) is 6.58. The standard InChI is InChI=1S/C25H25N3O4S2/c1-17(2)28-22-14-11-20(15-23(22)33-25(28)30)26-24(29)19-9-12-21(13-10-19)27(34(3,31)32)16-18-7-5-4-6-8-18/h4-15,17H,16H2,1-3H3,(H,26,29). The third-order valence-electron chi connectivity index (χ3n) is 5.37. The SMILES string of the molecule is CC(C)n1c(=O)sc2cc(NC(=O)c3ccc(N(Cc4ccccc4)S(C)(=O)=O)cc3)ccc21. The van der Waals surface area contributed by atoms with Crippen LogP contribution in [0.25, 0.3) is 10.2 Å². The Hall–Kier alpha value is -3.43. The number of thiazole rings is 1. The summed E-state index contributed by atoms with van der Waals surface area (Å²) in [6.07, 6.45) is 1.16. The lowest BCUT2D eigenvalue weighted by Crippen LogP contribution is -2.29. The van der Waals surface area contributed by atoms with Crippen molar-refractivity contribution in [1.29, 1.82) is 0 Å². The molecule has 1 N–H and O–H groups in total. The van der Waals surface area contributed by atoms with Crippen molar-refractivity contribution in [1.82, 2.24) is 4.57 Å². The van der Waals surface area contributed by atoms with Gasteiger partial charge in [0.2, 0.25) is 10.0 Å². The first-order valence-electron chi connectivity index (χ1n) is 10.7. The maximum absolute atomic E-state index is 12.8. The van der Waals surface area contributed by atoms with Crippen LogP contribution in [0.1, 0.15) is 35.8 Å². The number of nitrogens with one attached hydrogen (secondary N) is 1. The summed E-state index contributed by atoms with van der Waals surface area (Å²) in [5.41, 5.74) is 3.15. The molecule has 0 aliphatic carbocycles. The number of fused-ring (bicyclic) bond motifs is 1. The minimum atomic E-state index is -3.52. The molecule has 9 heteroatoms. The Bertz CT molecular complexity index is 1490. The summed E-state index contributed by atoms with van der Waals surface area (Å²) in [4.78, 5) is 25.0. The number of benzene rings is 3. The summed E-state index contributed by atoms with van der Waals surface area (Å²) >= 11 is 1.15. The Morgan fingerprint density at radius 1 is 1.03 bits per heavy atom. The second-order valence-corrected chi connectivity index (χ2v) is 11.2. The molecule has 0 atom stereocenters. The van der Waals surface area contributed by atoms with Crippen LogP contribution in [0.5, 0.6) is 0 Å². The van der Waals surface area contributed by atoms with Crippen LogP contribution in [0.15, 0.2) is 77.6 Å². The first-order chi connectivity index (χ1) is 16.1. The van der Waals surface area contributed by atoms with Crippen molar-refractivity contribution in [3.63, 3.8) is 0 Å². The van der Waals surface area contributed by atoms with Gasteiger partial charge in [-0.3, -0.25) is 18.5 Å². The van der Waals surface area contributed by atoms with Crippen LogP contribution in [-0.4, -0.2) is 25.1 Å². The number of carbonyl (C=O) groups is 1. The van der Waals surface area contributed by atoms with Gasteiger partial charge >= 0.3 is 4.87 Å². The average Bonchev–Trinajstić information content (AvgIpc) is 3.12. The lowest BCUT2D eigenvalue weighted by molar-refractivity contribution is 0.102. The van der Waals surface area contributed by atoms with E-state index in [1.54, 1.807) is 41.0 Å². The van der Waals surface area contributed by atoms with Crippen LogP contribution in [0, 0.1) is 0 Å². The van der Waals surface area contributed by atoms with Gasteiger partial charge in [-0.25, -0.2) is 8.42 Å². The van der Waals surface area contributed by atoms with Gasteiger partial charge in [0.1, 0.15) is 0 Å². The quantitative estimate of drug-likeness (QED) is 0.396. The highest BCUT2D eigenvalue weighted by atomic mass is 32.2. The molecule has 34 heavy (non-hydrogen) atoms. The van der Waals surface area contributed by atoms with Gasteiger partial charge in [-0.2, -0.15) is 0 Å². The van der Waals surface area contributed by atoms with Crippen LogP contribution in [0.2, 0.25) is 0 Å². The van der Waals surface area contributed by atoms with E-state index in [4.69, 9.17) is 0 Å². The number of anilines is 2. The largest absolute Gasteiger partial charge is 0.322 e. The van der Waals surface area contributed by atoms with Crippen molar-refractivity contribution in [3.05, 3.63) is 93.6 Å². The van der Waals surface area contributed by atoms with Gasteiger partial charge in [-0.15, -0.1) is 0 Å². The Balaban J connectivity index is 1.54. The van der Waals surface area contributed by atoms with Gasteiger partial charge in [-0.05, 0) is 61.9 Å². The van der Waals surface area contributed by atoms with Crippen molar-refractivity contribution < 1.29 is 13.2 Å². The molecule has 0 fully saturated rings. The molecule has 1 amide bonds. The zero-order valence-corrected chi connectivity index (χ0v) is 20.7. The summed E-state index contributed by atoms with van der Waals surface area (Å²) in [6, 6.07) is 21.2. The van der Waals surface area contributed by atoms with Crippen LogP contribution in [0.4, 0.5) is 11.4 Å². The number of rotatable bonds is 7. The molecule has 1 heterocycles. The van der Waals surface area contributed by atoms with Gasteiger partial charge in [-0.1, -0.05) is 41.7 Å². The summed E-state index contributed by atoms with van der Waals surface area (Å²) in [5.74, 6) is -0.324. The van der Waals surface area contributed by atoms with Crippen molar-refractivity contribution in [3.8, 4) is 0 Å². The van der Waals surface area contributed by atoms with E-state index in [1.165, 1.54) is 4.31 Å². The van der Waals surface area contributed by atoms with E-state index in [9.17, 15) is 18.0 Å². The number of carbonyl (C=O) groups excluding carboxylic acids is 1. The second kappa shape index (κ2) is 9.44. The van der Waals surface area contributed by atoms with E-state index in [0.717, 1.165) is 33.4 Å². The van der Waals surface area contributed by atoms with Gasteiger partial charge in [0.15, 0.2) is 0 Å². The van der Waals surface area contributed by atoms with Crippen LogP contribution in [-0.2, 0) is 16.6 Å². The van der Waals surface area contributed by atoms with Gasteiger partial charge in [0, 0.05) is 17.3 Å². The van der Waals surface area contributed by atoms with Crippen molar-refractivity contribution in [2.45, 2.75) is 26.4 Å². The Labute approximate surface area is 202 Å². The highest BCUT2D eigenvalue weighted by Gasteiger charge is 2.19. The number of hydrogen-bond donors (Lipinski definition) is 1. The van der Waals surface area contributed by atoms with Crippen molar-refractivity contribution >= 4 is 48.9 Å². The first-order valence-corrected chi connectivity index (χ1v) is 13.4. The Morgan fingerprint density at radius 3 is 2.32 bits per heavy atom. The van der Waals surface area contributed by atoms with Crippen LogP contribution in [0.3, 0.4) is 0 Å². The predicted molar refractivity (Wildman–Crippen MR) is 138 cm³/mol. The number of amides is 1. The smallest absolute Gasteiger partial charge is 0.308 e. The van der Waals surface area contributed by atoms with Crippen molar-refractivity contribution in [2.75, 3.05) is 15.9 Å². The fraction of sp³-hybridized carbons (Fsp3) is 0.200. The van der Waals surface area contributed by atoms with Gasteiger partial charge in [0.25, 0.3) is 5.91 Å². The highest BCUT2D eigenvalue weighted by molar-refractivity contribution is 7.92. The molecule has 7 nitrogen and oxygen atoms in total. The van der Waals surface area contributed by atoms with E-state index in [-0.39, 0.29) is 23.4 Å². The molecule has 0 saturated carbocycles. The lowest BCUT2D eigenvalue weighted by Gasteiger charge is -2.22. The molecule has 4 rings (SSSR count). The second-order valence-electron chi connectivity index (χ2n) is 8.27. The molecule has 176 valence electrons. The summed E-state index contributed by atoms with van der Waals surface area (Å²) in [5, 5.41) is 2.85. The van der Waals surface area contributed by atoms with Crippen LogP contribution >= 0.6 is 11.3 Å². The van der Waals surface area contributed by atoms with E-state index >= 15 is 0 Å². The molecule has 0 unspecified atom stereocenters. The summed E-state index contributed by atoms with van der Waals surface area (Å²) in [6.45, 7) is 4.11. The maximum atomic E-state index is 12.8. The fourth-order valence-corrected chi connectivity index (χ4v) is 5.68. The first kappa shape index (κ1) is 23.7. The minimum Gasteiger partial charge on any atom is -0.322 e. The molecule has 0 radical (unpaired) electrons. The van der Waals surface area contributed by atoms with Gasteiger partial charge in [0.05, 0.1) is 28.7 Å².